The predicted molar refractivity (Wildman–Crippen MR) is 101 cm³/mol. The van der Waals surface area contributed by atoms with Crippen LogP contribution in [0.2, 0.25) is 0 Å². The van der Waals surface area contributed by atoms with Gasteiger partial charge in [-0.05, 0) is 43.4 Å². The zero-order valence-corrected chi connectivity index (χ0v) is 17.0. The van der Waals surface area contributed by atoms with E-state index in [9.17, 15) is 4.79 Å². The van der Waals surface area contributed by atoms with Crippen molar-refractivity contribution in [3.05, 3.63) is 0 Å². The Morgan fingerprint density at radius 3 is 2.54 bits per heavy atom. The first-order valence-corrected chi connectivity index (χ1v) is 11.4. The van der Waals surface area contributed by atoms with E-state index in [4.69, 9.17) is 18.9 Å². The van der Waals surface area contributed by atoms with Crippen LogP contribution in [0.25, 0.3) is 0 Å². The molecule has 6 nitrogen and oxygen atoms in total. The molecule has 0 N–H and O–H groups in total. The van der Waals surface area contributed by atoms with E-state index in [2.05, 4.69) is 11.8 Å². The molecule has 0 aromatic heterocycles. The minimum atomic E-state index is -0.348. The van der Waals surface area contributed by atoms with Crippen molar-refractivity contribution < 1.29 is 23.7 Å². The fourth-order valence-corrected chi connectivity index (χ4v) is 7.31. The van der Waals surface area contributed by atoms with E-state index in [1.165, 1.54) is 19.3 Å². The molecule has 156 valence electrons. The van der Waals surface area contributed by atoms with Gasteiger partial charge in [-0.1, -0.05) is 6.92 Å². The molecular formula is C22H33NO5. The molecule has 6 heteroatoms. The van der Waals surface area contributed by atoms with Gasteiger partial charge in [0, 0.05) is 38.4 Å². The molecule has 4 heterocycles. The van der Waals surface area contributed by atoms with Crippen LogP contribution in [0.15, 0.2) is 0 Å². The summed E-state index contributed by atoms with van der Waals surface area (Å²) in [5.74, 6) is 0.666. The van der Waals surface area contributed by atoms with Gasteiger partial charge in [-0.2, -0.15) is 0 Å². The van der Waals surface area contributed by atoms with Crippen LogP contribution in [0.5, 0.6) is 0 Å². The van der Waals surface area contributed by atoms with Crippen LogP contribution in [0.1, 0.15) is 51.9 Å². The van der Waals surface area contributed by atoms with Gasteiger partial charge in [0.2, 0.25) is 0 Å². The maximum atomic E-state index is 12.8. The van der Waals surface area contributed by atoms with E-state index in [0.29, 0.717) is 25.0 Å². The number of fused-ring (bicyclic) bond motifs is 3. The van der Waals surface area contributed by atoms with E-state index < -0.39 is 0 Å². The average Bonchev–Trinajstić information content (AvgIpc) is 3.18. The lowest BCUT2D eigenvalue weighted by molar-refractivity contribution is -0.186. The first-order chi connectivity index (χ1) is 13.5. The van der Waals surface area contributed by atoms with Gasteiger partial charge in [-0.3, -0.25) is 4.79 Å². The first-order valence-electron chi connectivity index (χ1n) is 11.4. The summed E-state index contributed by atoms with van der Waals surface area (Å²) in [6.45, 7) is 7.48. The van der Waals surface area contributed by atoms with Crippen LogP contribution in [0, 0.1) is 23.2 Å². The van der Waals surface area contributed by atoms with E-state index in [1.54, 1.807) is 0 Å². The average molecular weight is 392 g/mol. The molecule has 0 unspecified atom stereocenters. The fraction of sp³-hybridized carbons (Fsp3) is 0.955. The highest BCUT2D eigenvalue weighted by Crippen LogP contribution is 2.62. The maximum absolute atomic E-state index is 12.8. The Morgan fingerprint density at radius 1 is 1.07 bits per heavy atom. The minimum absolute atomic E-state index is 0.0201. The fourth-order valence-electron chi connectivity index (χ4n) is 7.31. The first kappa shape index (κ1) is 18.1. The Bertz CT molecular complexity index is 647. The lowest BCUT2D eigenvalue weighted by atomic mass is 9.53. The number of ether oxygens (including phenoxy) is 4. The molecule has 2 aliphatic carbocycles. The van der Waals surface area contributed by atoms with Crippen LogP contribution in [-0.4, -0.2) is 67.8 Å². The number of hydrogen-bond acceptors (Lipinski definition) is 6. The normalized spacial score (nSPS) is 49.8. The van der Waals surface area contributed by atoms with Gasteiger partial charge in [0.15, 0.2) is 5.79 Å². The molecule has 0 amide bonds. The molecule has 2 saturated carbocycles. The predicted octanol–water partition coefficient (Wildman–Crippen LogP) is 2.35. The third kappa shape index (κ3) is 2.71. The maximum Gasteiger partial charge on any atom is 0.310 e. The Balaban J connectivity index is 1.15. The summed E-state index contributed by atoms with van der Waals surface area (Å²) in [5.41, 5.74) is 0.405. The van der Waals surface area contributed by atoms with E-state index >= 15 is 0 Å². The summed E-state index contributed by atoms with van der Waals surface area (Å²) in [5, 5.41) is 0. The van der Waals surface area contributed by atoms with Crippen LogP contribution in [-0.2, 0) is 23.7 Å². The largest absolute Gasteiger partial charge is 0.462 e. The molecule has 0 bridgehead atoms. The van der Waals surface area contributed by atoms with Crippen molar-refractivity contribution in [2.75, 3.05) is 39.5 Å². The van der Waals surface area contributed by atoms with Crippen LogP contribution >= 0.6 is 0 Å². The second-order valence-corrected chi connectivity index (χ2v) is 10.5. The number of esters is 1. The van der Waals surface area contributed by atoms with Crippen LogP contribution < -0.4 is 0 Å². The Hall–Kier alpha value is -0.690. The van der Waals surface area contributed by atoms with Crippen molar-refractivity contribution in [3.63, 3.8) is 0 Å². The molecule has 0 aromatic carbocycles. The van der Waals surface area contributed by atoms with Gasteiger partial charge in [0.1, 0.15) is 6.10 Å². The quantitative estimate of drug-likeness (QED) is 0.532. The summed E-state index contributed by atoms with van der Waals surface area (Å²) < 4.78 is 23.7. The van der Waals surface area contributed by atoms with Gasteiger partial charge >= 0.3 is 5.97 Å². The highest BCUT2D eigenvalue weighted by Gasteiger charge is 2.65. The molecular weight excluding hydrogens is 358 g/mol. The van der Waals surface area contributed by atoms with Crippen molar-refractivity contribution in [2.24, 2.45) is 23.2 Å². The topological polar surface area (TPSA) is 60.5 Å². The number of likely N-dealkylation sites (tertiary alicyclic amines) is 1. The summed E-state index contributed by atoms with van der Waals surface area (Å²) in [6, 6.07) is 0. The Kier molecular flexibility index (Phi) is 3.98. The van der Waals surface area contributed by atoms with Gasteiger partial charge < -0.3 is 23.8 Å². The third-order valence-electron chi connectivity index (χ3n) is 8.97. The van der Waals surface area contributed by atoms with E-state index in [1.807, 2.05) is 0 Å². The lowest BCUT2D eigenvalue weighted by Crippen LogP contribution is -2.52. The van der Waals surface area contributed by atoms with Crippen molar-refractivity contribution in [1.29, 1.82) is 0 Å². The molecule has 6 fully saturated rings. The summed E-state index contributed by atoms with van der Waals surface area (Å²) in [6.07, 6.45) is 7.76. The second-order valence-electron chi connectivity index (χ2n) is 10.5. The van der Waals surface area contributed by atoms with Crippen molar-refractivity contribution in [1.82, 2.24) is 4.90 Å². The molecule has 4 aliphatic heterocycles. The Labute approximate surface area is 167 Å². The minimum Gasteiger partial charge on any atom is -0.462 e. The molecule has 6 rings (SSSR count). The second kappa shape index (κ2) is 6.16. The van der Waals surface area contributed by atoms with Gasteiger partial charge in [0.25, 0.3) is 0 Å². The van der Waals surface area contributed by atoms with E-state index in [0.717, 1.165) is 51.9 Å². The number of nitrogens with zero attached hydrogens (tertiary/aromatic N) is 1. The molecule has 28 heavy (non-hydrogen) atoms. The van der Waals surface area contributed by atoms with Crippen molar-refractivity contribution in [2.45, 2.75) is 69.4 Å². The molecule has 0 aromatic rings. The number of epoxide rings is 1. The number of hydrogen-bond donors (Lipinski definition) is 0. The molecule has 2 spiro atoms. The highest BCUT2D eigenvalue weighted by molar-refractivity contribution is 5.75. The number of carbonyl (C=O) groups excluding carboxylic acids is 1. The van der Waals surface area contributed by atoms with Crippen molar-refractivity contribution in [3.8, 4) is 0 Å². The summed E-state index contributed by atoms with van der Waals surface area (Å²) in [4.78, 5) is 15.3. The molecule has 6 aliphatic rings. The summed E-state index contributed by atoms with van der Waals surface area (Å²) in [7, 11) is 0. The zero-order valence-electron chi connectivity index (χ0n) is 17.0. The monoisotopic (exact) mass is 391 g/mol. The molecule has 6 atom stereocenters. The van der Waals surface area contributed by atoms with Crippen LogP contribution in [0.4, 0.5) is 0 Å². The van der Waals surface area contributed by atoms with Crippen molar-refractivity contribution >= 4 is 5.97 Å². The van der Waals surface area contributed by atoms with Gasteiger partial charge in [0.05, 0.1) is 31.3 Å². The third-order valence-corrected chi connectivity index (χ3v) is 8.97. The lowest BCUT2D eigenvalue weighted by Gasteiger charge is -2.51. The number of rotatable bonds is 2. The molecule has 4 saturated heterocycles. The number of carbonyl (C=O) groups is 1. The SMILES string of the molecule is C[C@]12CCC[C@]3(CO3)[C@@H]1C[C@H]1[C@@H](C2)OC(=O)[C@@H]1CN1CCC2(CC1)OCCO2. The summed E-state index contributed by atoms with van der Waals surface area (Å²) >= 11 is 0. The number of piperidine rings is 1. The molecule has 0 radical (unpaired) electrons. The van der Waals surface area contributed by atoms with Crippen LogP contribution in [0.3, 0.4) is 0 Å². The van der Waals surface area contributed by atoms with Gasteiger partial charge in [-0.25, -0.2) is 0 Å². The highest BCUT2D eigenvalue weighted by atomic mass is 16.7. The zero-order chi connectivity index (χ0) is 19.0. The smallest absolute Gasteiger partial charge is 0.310 e. The van der Waals surface area contributed by atoms with Gasteiger partial charge in [-0.15, -0.1) is 0 Å². The standard InChI is InChI=1S/C22H33NO5/c1-20-3-2-4-21(14-27-21)18(20)11-15-16(19(24)28-17(15)12-20)13-23-7-5-22(6-8-23)25-9-10-26-22/h15-18H,2-14H2,1H3/t15-,16-,17-,18-,20-,21+/m1/s1. The van der Waals surface area contributed by atoms with E-state index in [-0.39, 0.29) is 34.8 Å². The Morgan fingerprint density at radius 2 is 1.82 bits per heavy atom.